The topological polar surface area (TPSA) is 151 Å². The molecule has 20 heavy (non-hydrogen) atoms. The predicted octanol–water partition coefficient (Wildman–Crippen LogP) is -3.63. The molecule has 0 aliphatic heterocycles. The third-order valence-corrected chi connectivity index (χ3v) is 2.70. The monoisotopic (exact) mass is 309 g/mol. The second-order valence-corrected chi connectivity index (χ2v) is 4.16. The lowest BCUT2D eigenvalue weighted by atomic mass is 10.2. The van der Waals surface area contributed by atoms with Crippen molar-refractivity contribution in [3.63, 3.8) is 0 Å². The van der Waals surface area contributed by atoms with E-state index in [1.807, 2.05) is 0 Å². The Labute approximate surface area is 121 Å². The van der Waals surface area contributed by atoms with Crippen LogP contribution in [0.25, 0.3) is 0 Å². The number of esters is 1. The Morgan fingerprint density at radius 2 is 1.70 bits per heavy atom. The smallest absolute Gasteiger partial charge is 0.329 e. The number of aliphatic hydroxyl groups excluding tert-OH is 2. The Kier molecular flexibility index (Phi) is 8.88. The number of methoxy groups -OCH3 is 1. The van der Waals surface area contributed by atoms with Crippen molar-refractivity contribution < 1.29 is 29.3 Å². The summed E-state index contributed by atoms with van der Waals surface area (Å²) in [6.45, 7) is -1.30. The van der Waals surface area contributed by atoms with Crippen molar-refractivity contribution in [2.75, 3.05) is 26.1 Å². The summed E-state index contributed by atoms with van der Waals surface area (Å²) in [4.78, 5) is 34.5. The molecule has 10 heteroatoms. The van der Waals surface area contributed by atoms with E-state index in [1.54, 1.807) is 0 Å². The number of carbonyl (C=O) groups excluding carboxylic acids is 3. The maximum Gasteiger partial charge on any atom is 0.329 e. The molecule has 0 aromatic carbocycles. The highest BCUT2D eigenvalue weighted by atomic mass is 32.1. The van der Waals surface area contributed by atoms with Crippen molar-refractivity contribution in [3.05, 3.63) is 0 Å². The van der Waals surface area contributed by atoms with Gasteiger partial charge in [-0.15, -0.1) is 0 Å². The molecule has 0 heterocycles. The van der Waals surface area contributed by atoms with Gasteiger partial charge in [0.05, 0.1) is 20.3 Å². The molecule has 2 amide bonds. The van der Waals surface area contributed by atoms with Crippen LogP contribution in [0.5, 0.6) is 0 Å². The minimum absolute atomic E-state index is 0.0132. The van der Waals surface area contributed by atoms with Gasteiger partial charge in [0, 0.05) is 5.75 Å². The zero-order valence-electron chi connectivity index (χ0n) is 10.9. The minimum Gasteiger partial charge on any atom is -0.467 e. The van der Waals surface area contributed by atoms with Gasteiger partial charge in [-0.2, -0.15) is 12.6 Å². The summed E-state index contributed by atoms with van der Waals surface area (Å²) in [6, 6.07) is -3.52. The van der Waals surface area contributed by atoms with Gasteiger partial charge in [-0.05, 0) is 0 Å². The first-order valence-corrected chi connectivity index (χ1v) is 6.31. The van der Waals surface area contributed by atoms with Gasteiger partial charge in [0.2, 0.25) is 11.8 Å². The van der Waals surface area contributed by atoms with Crippen molar-refractivity contribution in [2.24, 2.45) is 5.73 Å². The van der Waals surface area contributed by atoms with Crippen molar-refractivity contribution in [1.29, 1.82) is 0 Å². The van der Waals surface area contributed by atoms with Crippen molar-refractivity contribution >= 4 is 30.4 Å². The Bertz CT molecular complexity index is 354. The van der Waals surface area contributed by atoms with E-state index < -0.39 is 49.1 Å². The highest BCUT2D eigenvalue weighted by Gasteiger charge is 2.27. The molecule has 3 atom stereocenters. The molecule has 0 rings (SSSR count). The van der Waals surface area contributed by atoms with Crippen LogP contribution in [-0.4, -0.2) is 72.2 Å². The summed E-state index contributed by atoms with van der Waals surface area (Å²) in [5, 5.41) is 22.2. The summed E-state index contributed by atoms with van der Waals surface area (Å²) < 4.78 is 4.45. The zero-order valence-corrected chi connectivity index (χ0v) is 11.8. The maximum absolute atomic E-state index is 11.8. The Morgan fingerprint density at radius 3 is 2.10 bits per heavy atom. The average molecular weight is 309 g/mol. The summed E-state index contributed by atoms with van der Waals surface area (Å²) in [6.07, 6.45) is 0. The molecule has 0 unspecified atom stereocenters. The number of aliphatic hydroxyl groups is 2. The van der Waals surface area contributed by atoms with E-state index in [-0.39, 0.29) is 5.75 Å². The van der Waals surface area contributed by atoms with E-state index in [0.717, 1.165) is 7.11 Å². The fourth-order valence-electron chi connectivity index (χ4n) is 1.15. The number of amides is 2. The third kappa shape index (κ3) is 5.74. The summed E-state index contributed by atoms with van der Waals surface area (Å²) >= 11 is 3.88. The van der Waals surface area contributed by atoms with Crippen LogP contribution in [0.15, 0.2) is 0 Å². The first kappa shape index (κ1) is 18.6. The lowest BCUT2D eigenvalue weighted by molar-refractivity contribution is -0.144. The normalized spacial score (nSPS) is 14.8. The predicted molar refractivity (Wildman–Crippen MR) is 71.9 cm³/mol. The van der Waals surface area contributed by atoms with Crippen LogP contribution in [0.3, 0.4) is 0 Å². The standard InChI is InChI=1S/C10H19N3O6S/c1-19-10(18)7(4-20)13-9(17)6(3-15)12-8(16)5(11)2-14/h5-7,14-15,20H,2-4,11H2,1H3,(H,12,16)(H,13,17)/t5-,6-,7-/m0/s1. The number of ether oxygens (including phenoxy) is 1. The van der Waals surface area contributed by atoms with Crippen LogP contribution < -0.4 is 16.4 Å². The summed E-state index contributed by atoms with van der Waals surface area (Å²) in [5.74, 6) is -2.32. The number of nitrogens with one attached hydrogen (secondary N) is 2. The second kappa shape index (κ2) is 9.53. The van der Waals surface area contributed by atoms with E-state index in [9.17, 15) is 14.4 Å². The highest BCUT2D eigenvalue weighted by Crippen LogP contribution is 1.94. The first-order valence-electron chi connectivity index (χ1n) is 5.67. The molecule has 0 aliphatic carbocycles. The molecule has 0 bridgehead atoms. The minimum atomic E-state index is -1.30. The lowest BCUT2D eigenvalue weighted by Crippen LogP contribution is -2.56. The molecule has 0 fully saturated rings. The van der Waals surface area contributed by atoms with Gasteiger partial charge in [0.15, 0.2) is 0 Å². The summed E-state index contributed by atoms with van der Waals surface area (Å²) in [5.41, 5.74) is 5.26. The van der Waals surface area contributed by atoms with Gasteiger partial charge in [-0.3, -0.25) is 9.59 Å². The quantitative estimate of drug-likeness (QED) is 0.200. The first-order chi connectivity index (χ1) is 9.40. The van der Waals surface area contributed by atoms with Crippen LogP contribution in [-0.2, 0) is 19.1 Å². The van der Waals surface area contributed by atoms with Gasteiger partial charge in [0.25, 0.3) is 0 Å². The van der Waals surface area contributed by atoms with Crippen LogP contribution in [0.2, 0.25) is 0 Å². The molecule has 9 nitrogen and oxygen atoms in total. The maximum atomic E-state index is 11.8. The molecule has 0 saturated heterocycles. The zero-order chi connectivity index (χ0) is 15.7. The fraction of sp³-hybridized carbons (Fsp3) is 0.700. The van der Waals surface area contributed by atoms with E-state index in [1.165, 1.54) is 0 Å². The number of nitrogens with two attached hydrogens (primary N) is 1. The van der Waals surface area contributed by atoms with E-state index in [2.05, 4.69) is 28.0 Å². The van der Waals surface area contributed by atoms with Gasteiger partial charge in [0.1, 0.15) is 18.1 Å². The number of rotatable bonds is 8. The Hall–Kier alpha value is -1.36. The molecule has 0 aliphatic rings. The fourth-order valence-corrected chi connectivity index (χ4v) is 1.39. The van der Waals surface area contributed by atoms with Crippen molar-refractivity contribution in [1.82, 2.24) is 10.6 Å². The molecule has 116 valence electrons. The van der Waals surface area contributed by atoms with E-state index in [0.29, 0.717) is 0 Å². The van der Waals surface area contributed by atoms with Gasteiger partial charge in [-0.1, -0.05) is 0 Å². The largest absolute Gasteiger partial charge is 0.467 e. The van der Waals surface area contributed by atoms with Gasteiger partial charge >= 0.3 is 5.97 Å². The molecule has 0 saturated carbocycles. The van der Waals surface area contributed by atoms with Crippen LogP contribution in [0.4, 0.5) is 0 Å². The number of hydrogen-bond acceptors (Lipinski definition) is 8. The van der Waals surface area contributed by atoms with Crippen LogP contribution >= 0.6 is 12.6 Å². The molecule has 0 aromatic rings. The molecule has 0 radical (unpaired) electrons. The van der Waals surface area contributed by atoms with E-state index in [4.69, 9.17) is 15.9 Å². The Balaban J connectivity index is 4.61. The molecule has 6 N–H and O–H groups in total. The van der Waals surface area contributed by atoms with Crippen LogP contribution in [0.1, 0.15) is 0 Å². The number of hydrogen-bond donors (Lipinski definition) is 6. The lowest BCUT2D eigenvalue weighted by Gasteiger charge is -2.20. The van der Waals surface area contributed by atoms with E-state index >= 15 is 0 Å². The van der Waals surface area contributed by atoms with Crippen LogP contribution in [0, 0.1) is 0 Å². The molecular weight excluding hydrogens is 290 g/mol. The highest BCUT2D eigenvalue weighted by molar-refractivity contribution is 7.80. The van der Waals surface area contributed by atoms with Gasteiger partial charge in [-0.25, -0.2) is 4.79 Å². The Morgan fingerprint density at radius 1 is 1.15 bits per heavy atom. The van der Waals surface area contributed by atoms with Gasteiger partial charge < -0.3 is 31.3 Å². The SMILES string of the molecule is COC(=O)[C@H](CS)NC(=O)[C@H](CO)NC(=O)[C@@H](N)CO. The van der Waals surface area contributed by atoms with Crippen molar-refractivity contribution in [2.45, 2.75) is 18.1 Å². The second-order valence-electron chi connectivity index (χ2n) is 3.80. The number of carbonyl (C=O) groups is 3. The third-order valence-electron chi connectivity index (χ3n) is 2.33. The van der Waals surface area contributed by atoms with Crippen molar-refractivity contribution in [3.8, 4) is 0 Å². The summed E-state index contributed by atoms with van der Waals surface area (Å²) in [7, 11) is 1.15. The number of thiol groups is 1. The average Bonchev–Trinajstić information content (AvgIpc) is 2.47. The molecular formula is C10H19N3O6S. The molecule has 0 spiro atoms. The molecule has 0 aromatic heterocycles.